The highest BCUT2D eigenvalue weighted by molar-refractivity contribution is 6.57. The van der Waals surface area contributed by atoms with Gasteiger partial charge in [-0.3, -0.25) is 0 Å². The highest BCUT2D eigenvalue weighted by Crippen LogP contribution is 2.05. The Morgan fingerprint density at radius 1 is 1.38 bits per heavy atom. The Bertz CT molecular complexity index is 124. The molecule has 0 aliphatic carbocycles. The Hall–Kier alpha value is 0.0169. The molecule has 0 saturated heterocycles. The SMILES string of the molecule is CCO[Si](O)(O)CCCNCCN. The van der Waals surface area contributed by atoms with Crippen LogP contribution in [-0.2, 0) is 4.43 Å². The fraction of sp³-hybridized carbons (Fsp3) is 1.00. The molecule has 0 heterocycles. The Kier molecular flexibility index (Phi) is 7.43. The third-order valence-electron chi connectivity index (χ3n) is 1.55. The first kappa shape index (κ1) is 13.0. The second-order valence-corrected chi connectivity index (χ2v) is 5.09. The summed E-state index contributed by atoms with van der Waals surface area (Å²) < 4.78 is 4.83. The van der Waals surface area contributed by atoms with Gasteiger partial charge in [-0.25, -0.2) is 0 Å². The highest BCUT2D eigenvalue weighted by atomic mass is 28.4. The second-order valence-electron chi connectivity index (χ2n) is 2.82. The van der Waals surface area contributed by atoms with Crippen LogP contribution in [0.25, 0.3) is 0 Å². The summed E-state index contributed by atoms with van der Waals surface area (Å²) >= 11 is 0. The highest BCUT2D eigenvalue weighted by Gasteiger charge is 2.30. The molecule has 0 aromatic carbocycles. The van der Waals surface area contributed by atoms with Crippen molar-refractivity contribution in [3.63, 3.8) is 0 Å². The molecule has 0 aliphatic heterocycles. The van der Waals surface area contributed by atoms with Gasteiger partial charge in [-0.2, -0.15) is 0 Å². The minimum Gasteiger partial charge on any atom is -0.390 e. The van der Waals surface area contributed by atoms with E-state index >= 15 is 0 Å². The van der Waals surface area contributed by atoms with Gasteiger partial charge in [0.25, 0.3) is 0 Å². The predicted octanol–water partition coefficient (Wildman–Crippen LogP) is -1.12. The van der Waals surface area contributed by atoms with Crippen LogP contribution in [0.15, 0.2) is 0 Å². The Morgan fingerprint density at radius 2 is 2.08 bits per heavy atom. The van der Waals surface area contributed by atoms with Crippen LogP contribution in [0.1, 0.15) is 13.3 Å². The lowest BCUT2D eigenvalue weighted by molar-refractivity contribution is 0.155. The zero-order valence-electron chi connectivity index (χ0n) is 8.12. The number of rotatable bonds is 8. The van der Waals surface area contributed by atoms with E-state index in [0.717, 1.165) is 13.1 Å². The summed E-state index contributed by atoms with van der Waals surface area (Å²) in [5, 5.41) is 3.07. The van der Waals surface area contributed by atoms with Crippen molar-refractivity contribution in [2.24, 2.45) is 5.73 Å². The molecule has 13 heavy (non-hydrogen) atoms. The van der Waals surface area contributed by atoms with Gasteiger partial charge in [0.15, 0.2) is 0 Å². The van der Waals surface area contributed by atoms with Crippen molar-refractivity contribution >= 4 is 8.80 Å². The first-order valence-corrected chi connectivity index (χ1v) is 6.63. The summed E-state index contributed by atoms with van der Waals surface area (Å²) in [7, 11) is -3.33. The van der Waals surface area contributed by atoms with Gasteiger partial charge in [-0.1, -0.05) is 0 Å². The fourth-order valence-electron chi connectivity index (χ4n) is 0.974. The summed E-state index contributed by atoms with van der Waals surface area (Å²) in [5.74, 6) is 0. The molecule has 0 spiro atoms. The Labute approximate surface area is 80.3 Å². The zero-order valence-corrected chi connectivity index (χ0v) is 9.12. The van der Waals surface area contributed by atoms with Crippen molar-refractivity contribution in [2.75, 3.05) is 26.2 Å². The van der Waals surface area contributed by atoms with Crippen LogP contribution in [0.5, 0.6) is 0 Å². The molecule has 5 nitrogen and oxygen atoms in total. The van der Waals surface area contributed by atoms with E-state index in [1.807, 2.05) is 0 Å². The third kappa shape index (κ3) is 8.35. The van der Waals surface area contributed by atoms with Crippen LogP contribution in [0.2, 0.25) is 6.04 Å². The van der Waals surface area contributed by atoms with Crippen molar-refractivity contribution in [1.29, 1.82) is 0 Å². The van der Waals surface area contributed by atoms with Gasteiger partial charge < -0.3 is 25.1 Å². The van der Waals surface area contributed by atoms with Gasteiger partial charge in [-0.05, 0) is 19.9 Å². The molecule has 80 valence electrons. The maximum absolute atomic E-state index is 9.29. The van der Waals surface area contributed by atoms with E-state index in [-0.39, 0.29) is 0 Å². The number of hydrogen-bond acceptors (Lipinski definition) is 5. The van der Waals surface area contributed by atoms with Crippen molar-refractivity contribution in [3.8, 4) is 0 Å². The van der Waals surface area contributed by atoms with Crippen molar-refractivity contribution < 1.29 is 14.0 Å². The largest absolute Gasteiger partial charge is 0.495 e. The van der Waals surface area contributed by atoms with E-state index in [2.05, 4.69) is 5.32 Å². The topological polar surface area (TPSA) is 87.7 Å². The zero-order chi connectivity index (χ0) is 10.2. The van der Waals surface area contributed by atoms with Crippen LogP contribution in [0.3, 0.4) is 0 Å². The predicted molar refractivity (Wildman–Crippen MR) is 53.2 cm³/mol. The fourth-order valence-corrected chi connectivity index (χ4v) is 2.22. The lowest BCUT2D eigenvalue weighted by atomic mass is 10.5. The molecule has 0 atom stereocenters. The molecule has 0 bridgehead atoms. The lowest BCUT2D eigenvalue weighted by Crippen LogP contribution is -2.39. The summed E-state index contributed by atoms with van der Waals surface area (Å²) in [6.45, 7) is 4.22. The molecule has 0 amide bonds. The van der Waals surface area contributed by atoms with Crippen LogP contribution in [0.4, 0.5) is 0 Å². The normalized spacial score (nSPS) is 12.0. The lowest BCUT2D eigenvalue weighted by Gasteiger charge is -2.16. The van der Waals surface area contributed by atoms with Crippen LogP contribution in [0, 0.1) is 0 Å². The molecule has 0 aromatic rings. The van der Waals surface area contributed by atoms with Crippen LogP contribution >= 0.6 is 0 Å². The molecule has 0 fully saturated rings. The summed E-state index contributed by atoms with van der Waals surface area (Å²) in [6.07, 6.45) is 0.708. The molecule has 5 N–H and O–H groups in total. The standard InChI is InChI=1S/C7H20N2O3Si/c1-2-12-13(10,11)7-3-5-9-6-4-8/h9-11H,2-8H2,1H3. The number of nitrogens with two attached hydrogens (primary N) is 1. The van der Waals surface area contributed by atoms with E-state index in [1.165, 1.54) is 0 Å². The average Bonchev–Trinajstić information content (AvgIpc) is 2.04. The van der Waals surface area contributed by atoms with Crippen molar-refractivity contribution in [1.82, 2.24) is 5.32 Å². The molecular weight excluding hydrogens is 188 g/mol. The monoisotopic (exact) mass is 208 g/mol. The quantitative estimate of drug-likeness (QED) is 0.300. The molecular formula is C7H20N2O3Si. The van der Waals surface area contributed by atoms with Gasteiger partial charge >= 0.3 is 8.80 Å². The Morgan fingerprint density at radius 3 is 2.62 bits per heavy atom. The number of hydrogen-bond donors (Lipinski definition) is 4. The minimum absolute atomic E-state index is 0.346. The van der Waals surface area contributed by atoms with Crippen molar-refractivity contribution in [2.45, 2.75) is 19.4 Å². The molecule has 0 radical (unpaired) electrons. The molecule has 0 rings (SSSR count). The Balaban J connectivity index is 3.29. The van der Waals surface area contributed by atoms with E-state index in [1.54, 1.807) is 6.92 Å². The van der Waals surface area contributed by atoms with Gasteiger partial charge in [0.05, 0.1) is 0 Å². The second kappa shape index (κ2) is 7.42. The van der Waals surface area contributed by atoms with Gasteiger partial charge in [-0.15, -0.1) is 0 Å². The van der Waals surface area contributed by atoms with Crippen LogP contribution < -0.4 is 11.1 Å². The van der Waals surface area contributed by atoms with Gasteiger partial charge in [0.2, 0.25) is 0 Å². The van der Waals surface area contributed by atoms with Gasteiger partial charge in [0.1, 0.15) is 0 Å². The summed E-state index contributed by atoms with van der Waals surface area (Å²) in [6, 6.07) is 0.346. The van der Waals surface area contributed by atoms with E-state index < -0.39 is 8.80 Å². The van der Waals surface area contributed by atoms with E-state index in [4.69, 9.17) is 10.2 Å². The third-order valence-corrected chi connectivity index (χ3v) is 3.31. The smallest absolute Gasteiger partial charge is 0.390 e. The number of nitrogens with one attached hydrogen (secondary N) is 1. The first-order valence-electron chi connectivity index (χ1n) is 4.62. The first-order chi connectivity index (χ1) is 6.12. The maximum atomic E-state index is 9.29. The summed E-state index contributed by atoms with van der Waals surface area (Å²) in [4.78, 5) is 18.6. The van der Waals surface area contributed by atoms with E-state index in [0.29, 0.717) is 25.6 Å². The molecule has 0 aliphatic rings. The molecule has 0 saturated carbocycles. The van der Waals surface area contributed by atoms with E-state index in [9.17, 15) is 9.59 Å². The molecule has 0 aromatic heterocycles. The molecule has 0 unspecified atom stereocenters. The maximum Gasteiger partial charge on any atom is 0.495 e. The molecule has 6 heteroatoms. The van der Waals surface area contributed by atoms with Crippen LogP contribution in [-0.4, -0.2) is 44.6 Å². The average molecular weight is 208 g/mol. The van der Waals surface area contributed by atoms with Crippen molar-refractivity contribution in [3.05, 3.63) is 0 Å². The summed E-state index contributed by atoms with van der Waals surface area (Å²) in [5.41, 5.74) is 5.27. The minimum atomic E-state index is -3.33. The van der Waals surface area contributed by atoms with Gasteiger partial charge in [0, 0.05) is 25.7 Å².